The summed E-state index contributed by atoms with van der Waals surface area (Å²) in [6, 6.07) is 9.18. The maximum atomic E-state index is 5.95. The first-order valence-corrected chi connectivity index (χ1v) is 8.13. The van der Waals surface area contributed by atoms with Gasteiger partial charge in [-0.05, 0) is 55.8 Å². The average Bonchev–Trinajstić information content (AvgIpc) is 3.23. The van der Waals surface area contributed by atoms with Gasteiger partial charge in [0.15, 0.2) is 0 Å². The van der Waals surface area contributed by atoms with Crippen LogP contribution in [0.3, 0.4) is 0 Å². The van der Waals surface area contributed by atoms with Crippen molar-refractivity contribution in [1.29, 1.82) is 0 Å². The van der Waals surface area contributed by atoms with Gasteiger partial charge in [-0.15, -0.1) is 0 Å². The van der Waals surface area contributed by atoms with E-state index in [-0.39, 0.29) is 0 Å². The van der Waals surface area contributed by atoms with E-state index in [0.29, 0.717) is 0 Å². The third-order valence-corrected chi connectivity index (χ3v) is 4.18. The molecule has 2 rings (SSSR count). The van der Waals surface area contributed by atoms with Crippen LogP contribution in [-0.4, -0.2) is 12.6 Å². The first-order chi connectivity index (χ1) is 9.28. The van der Waals surface area contributed by atoms with E-state index < -0.39 is 0 Å². The molecule has 1 fully saturated rings. The van der Waals surface area contributed by atoms with Crippen LogP contribution in [0.2, 0.25) is 5.02 Å². The van der Waals surface area contributed by atoms with Gasteiger partial charge in [0.25, 0.3) is 0 Å². The molecule has 0 aromatic heterocycles. The van der Waals surface area contributed by atoms with E-state index in [0.717, 1.165) is 17.0 Å². The predicted molar refractivity (Wildman–Crippen MR) is 83.8 cm³/mol. The number of hydrogen-bond acceptors (Lipinski definition) is 1. The molecule has 1 aromatic carbocycles. The standard InChI is InChI=1S/C17H26ClN/c1-2-3-4-5-15(13-19-17-10-11-17)12-14-6-8-16(18)9-7-14/h6-9,15,17,19H,2-5,10-13H2,1H3. The van der Waals surface area contributed by atoms with Crippen LogP contribution >= 0.6 is 11.6 Å². The van der Waals surface area contributed by atoms with E-state index in [1.165, 1.54) is 57.1 Å². The fourth-order valence-corrected chi connectivity index (χ4v) is 2.66. The van der Waals surface area contributed by atoms with Gasteiger partial charge in [0.05, 0.1) is 0 Å². The highest BCUT2D eigenvalue weighted by molar-refractivity contribution is 6.30. The van der Waals surface area contributed by atoms with Crippen LogP contribution in [0.25, 0.3) is 0 Å². The van der Waals surface area contributed by atoms with Crippen molar-refractivity contribution in [3.05, 3.63) is 34.9 Å². The number of nitrogens with one attached hydrogen (secondary N) is 1. The second-order valence-electron chi connectivity index (χ2n) is 5.87. The SMILES string of the molecule is CCCCCC(CNC1CC1)Cc1ccc(Cl)cc1. The molecular weight excluding hydrogens is 254 g/mol. The number of hydrogen-bond donors (Lipinski definition) is 1. The van der Waals surface area contributed by atoms with Crippen molar-refractivity contribution in [3.63, 3.8) is 0 Å². The summed E-state index contributed by atoms with van der Waals surface area (Å²) < 4.78 is 0. The normalized spacial score (nSPS) is 16.5. The van der Waals surface area contributed by atoms with Gasteiger partial charge in [0.1, 0.15) is 0 Å². The van der Waals surface area contributed by atoms with Crippen LogP contribution in [-0.2, 0) is 6.42 Å². The highest BCUT2D eigenvalue weighted by Crippen LogP contribution is 2.22. The molecule has 0 aliphatic heterocycles. The lowest BCUT2D eigenvalue weighted by atomic mass is 9.93. The lowest BCUT2D eigenvalue weighted by molar-refractivity contribution is 0.422. The predicted octanol–water partition coefficient (Wildman–Crippen LogP) is 4.83. The van der Waals surface area contributed by atoms with Crippen molar-refractivity contribution in [1.82, 2.24) is 5.32 Å². The van der Waals surface area contributed by atoms with Gasteiger partial charge in [-0.2, -0.15) is 0 Å². The fourth-order valence-electron chi connectivity index (χ4n) is 2.53. The summed E-state index contributed by atoms with van der Waals surface area (Å²) in [6.07, 6.45) is 9.31. The Bertz CT molecular complexity index is 356. The Morgan fingerprint density at radius 2 is 1.95 bits per heavy atom. The van der Waals surface area contributed by atoms with Crippen molar-refractivity contribution >= 4 is 11.6 Å². The summed E-state index contributed by atoms with van der Waals surface area (Å²) in [5.41, 5.74) is 1.42. The summed E-state index contributed by atoms with van der Waals surface area (Å²) in [6.45, 7) is 3.45. The fraction of sp³-hybridized carbons (Fsp3) is 0.647. The van der Waals surface area contributed by atoms with Gasteiger partial charge in [0, 0.05) is 11.1 Å². The van der Waals surface area contributed by atoms with Gasteiger partial charge < -0.3 is 5.32 Å². The first kappa shape index (κ1) is 14.9. The second kappa shape index (κ2) is 7.91. The lowest BCUT2D eigenvalue weighted by Crippen LogP contribution is -2.26. The zero-order valence-electron chi connectivity index (χ0n) is 12.0. The molecule has 1 nitrogen and oxygen atoms in total. The van der Waals surface area contributed by atoms with E-state index in [4.69, 9.17) is 11.6 Å². The minimum Gasteiger partial charge on any atom is -0.314 e. The molecule has 0 bridgehead atoms. The molecular formula is C17H26ClN. The highest BCUT2D eigenvalue weighted by atomic mass is 35.5. The molecule has 1 aromatic rings. The van der Waals surface area contributed by atoms with Crippen molar-refractivity contribution in [3.8, 4) is 0 Å². The van der Waals surface area contributed by atoms with Gasteiger partial charge >= 0.3 is 0 Å². The van der Waals surface area contributed by atoms with E-state index >= 15 is 0 Å². The molecule has 1 atom stereocenters. The van der Waals surface area contributed by atoms with Crippen LogP contribution in [0.15, 0.2) is 24.3 Å². The summed E-state index contributed by atoms with van der Waals surface area (Å²) in [5.74, 6) is 0.772. The molecule has 0 spiro atoms. The van der Waals surface area contributed by atoms with E-state index in [1.807, 2.05) is 12.1 Å². The summed E-state index contributed by atoms with van der Waals surface area (Å²) in [4.78, 5) is 0. The van der Waals surface area contributed by atoms with E-state index in [1.54, 1.807) is 0 Å². The van der Waals surface area contributed by atoms with Crippen LogP contribution in [0.4, 0.5) is 0 Å². The number of benzene rings is 1. The van der Waals surface area contributed by atoms with Gasteiger partial charge in [0.2, 0.25) is 0 Å². The molecule has 106 valence electrons. The number of rotatable bonds is 9. The minimum atomic E-state index is 0.772. The second-order valence-corrected chi connectivity index (χ2v) is 6.31. The lowest BCUT2D eigenvalue weighted by Gasteiger charge is -2.18. The summed E-state index contributed by atoms with van der Waals surface area (Å²) in [5, 5.41) is 4.52. The Hall–Kier alpha value is -0.530. The monoisotopic (exact) mass is 279 g/mol. The Balaban J connectivity index is 1.81. The molecule has 19 heavy (non-hydrogen) atoms. The summed E-state index contributed by atoms with van der Waals surface area (Å²) in [7, 11) is 0. The Morgan fingerprint density at radius 3 is 2.58 bits per heavy atom. The Labute approximate surface area is 122 Å². The van der Waals surface area contributed by atoms with Crippen LogP contribution < -0.4 is 5.32 Å². The smallest absolute Gasteiger partial charge is 0.0406 e. The maximum Gasteiger partial charge on any atom is 0.0406 e. The van der Waals surface area contributed by atoms with E-state index in [9.17, 15) is 0 Å². The average molecular weight is 280 g/mol. The molecule has 0 amide bonds. The van der Waals surface area contributed by atoms with Crippen LogP contribution in [0, 0.1) is 5.92 Å². The van der Waals surface area contributed by atoms with Crippen LogP contribution in [0.1, 0.15) is 51.0 Å². The number of halogens is 1. The third-order valence-electron chi connectivity index (χ3n) is 3.93. The molecule has 2 heteroatoms. The van der Waals surface area contributed by atoms with Crippen molar-refractivity contribution in [2.45, 2.75) is 57.9 Å². The maximum absolute atomic E-state index is 5.95. The van der Waals surface area contributed by atoms with Gasteiger partial charge in [-0.1, -0.05) is 49.9 Å². The molecule has 1 N–H and O–H groups in total. The molecule has 1 aliphatic carbocycles. The van der Waals surface area contributed by atoms with Crippen LogP contribution in [0.5, 0.6) is 0 Å². The first-order valence-electron chi connectivity index (χ1n) is 7.75. The molecule has 1 unspecified atom stereocenters. The molecule has 0 radical (unpaired) electrons. The zero-order chi connectivity index (χ0) is 13.5. The van der Waals surface area contributed by atoms with Crippen molar-refractivity contribution in [2.24, 2.45) is 5.92 Å². The number of unbranched alkanes of at least 4 members (excludes halogenated alkanes) is 2. The third kappa shape index (κ3) is 5.97. The topological polar surface area (TPSA) is 12.0 Å². The minimum absolute atomic E-state index is 0.772. The van der Waals surface area contributed by atoms with Gasteiger partial charge in [-0.3, -0.25) is 0 Å². The largest absolute Gasteiger partial charge is 0.314 e. The Morgan fingerprint density at radius 1 is 1.21 bits per heavy atom. The molecule has 0 heterocycles. The van der Waals surface area contributed by atoms with Gasteiger partial charge in [-0.25, -0.2) is 0 Å². The van der Waals surface area contributed by atoms with E-state index in [2.05, 4.69) is 24.4 Å². The quantitative estimate of drug-likeness (QED) is 0.639. The van der Waals surface area contributed by atoms with Crippen molar-refractivity contribution in [2.75, 3.05) is 6.54 Å². The molecule has 1 aliphatic rings. The Kier molecular flexibility index (Phi) is 6.19. The zero-order valence-corrected chi connectivity index (χ0v) is 12.8. The van der Waals surface area contributed by atoms with Crippen molar-refractivity contribution < 1.29 is 0 Å². The summed E-state index contributed by atoms with van der Waals surface area (Å²) >= 11 is 5.95. The molecule has 0 saturated heterocycles. The highest BCUT2D eigenvalue weighted by Gasteiger charge is 2.21. The molecule has 1 saturated carbocycles.